The summed E-state index contributed by atoms with van der Waals surface area (Å²) in [5.74, 6) is -0.461. The van der Waals surface area contributed by atoms with Crippen molar-refractivity contribution in [3.63, 3.8) is 0 Å². The van der Waals surface area contributed by atoms with E-state index < -0.39 is 15.8 Å². The predicted molar refractivity (Wildman–Crippen MR) is 81.9 cm³/mol. The number of hydrogen-bond acceptors (Lipinski definition) is 4. The van der Waals surface area contributed by atoms with Crippen molar-refractivity contribution in [3.05, 3.63) is 44.3 Å². The van der Waals surface area contributed by atoms with E-state index in [-0.39, 0.29) is 22.7 Å². The minimum Gasteiger partial charge on any atom is -0.326 e. The zero-order valence-electron chi connectivity index (χ0n) is 10.5. The van der Waals surface area contributed by atoms with Gasteiger partial charge >= 0.3 is 0 Å². The molecule has 4 nitrogen and oxygen atoms in total. The monoisotopic (exact) mass is 378 g/mol. The summed E-state index contributed by atoms with van der Waals surface area (Å²) in [4.78, 5) is 0.847. The number of nitrogens with two attached hydrogens (primary N) is 1. The number of halogens is 2. The van der Waals surface area contributed by atoms with E-state index in [9.17, 15) is 12.8 Å². The van der Waals surface area contributed by atoms with Crippen LogP contribution in [0.1, 0.15) is 10.4 Å². The first kappa shape index (κ1) is 15.4. The average molecular weight is 379 g/mol. The minimum atomic E-state index is -3.78. The van der Waals surface area contributed by atoms with Crippen molar-refractivity contribution in [2.75, 3.05) is 4.72 Å². The Bertz CT molecular complexity index is 744. The number of benzene rings is 1. The van der Waals surface area contributed by atoms with Gasteiger partial charge in [-0.15, -0.1) is 11.3 Å². The first-order chi connectivity index (χ1) is 9.35. The SMILES string of the molecule is Cc1c(F)cccc1NS(=O)(=O)c1cc(CN)sc1Br. The first-order valence-corrected chi connectivity index (χ1v) is 8.70. The summed E-state index contributed by atoms with van der Waals surface area (Å²) in [7, 11) is -3.78. The van der Waals surface area contributed by atoms with E-state index in [0.717, 1.165) is 4.88 Å². The molecule has 0 bridgehead atoms. The van der Waals surface area contributed by atoms with Crippen LogP contribution >= 0.6 is 27.3 Å². The van der Waals surface area contributed by atoms with Crippen LogP contribution in [0.4, 0.5) is 10.1 Å². The van der Waals surface area contributed by atoms with Gasteiger partial charge < -0.3 is 5.73 Å². The lowest BCUT2D eigenvalue weighted by molar-refractivity contribution is 0.600. The number of anilines is 1. The molecule has 0 fully saturated rings. The van der Waals surface area contributed by atoms with Crippen molar-refractivity contribution in [1.29, 1.82) is 0 Å². The molecule has 0 saturated carbocycles. The van der Waals surface area contributed by atoms with E-state index in [1.165, 1.54) is 42.5 Å². The Balaban J connectivity index is 2.40. The van der Waals surface area contributed by atoms with Crippen molar-refractivity contribution < 1.29 is 12.8 Å². The van der Waals surface area contributed by atoms with Crippen LogP contribution in [0, 0.1) is 12.7 Å². The molecule has 0 spiro atoms. The second kappa shape index (κ2) is 5.80. The van der Waals surface area contributed by atoms with Gasteiger partial charge in [0.1, 0.15) is 10.7 Å². The van der Waals surface area contributed by atoms with Crippen molar-refractivity contribution in [3.8, 4) is 0 Å². The van der Waals surface area contributed by atoms with Gasteiger partial charge in [0.05, 0.1) is 9.47 Å². The number of hydrogen-bond donors (Lipinski definition) is 2. The fourth-order valence-electron chi connectivity index (χ4n) is 1.60. The maximum absolute atomic E-state index is 13.4. The Labute approximate surface area is 129 Å². The molecular formula is C12H12BrFN2O2S2. The van der Waals surface area contributed by atoms with Gasteiger partial charge in [-0.2, -0.15) is 0 Å². The van der Waals surface area contributed by atoms with Crippen LogP contribution in [0.25, 0.3) is 0 Å². The zero-order chi connectivity index (χ0) is 14.9. The van der Waals surface area contributed by atoms with Crippen LogP contribution in [0.3, 0.4) is 0 Å². The molecule has 0 unspecified atom stereocenters. The van der Waals surface area contributed by atoms with Gasteiger partial charge in [0.2, 0.25) is 0 Å². The molecule has 0 amide bonds. The third-order valence-corrected chi connectivity index (χ3v) is 6.35. The molecule has 0 aliphatic heterocycles. The Hall–Kier alpha value is -0.960. The third kappa shape index (κ3) is 3.03. The molecule has 0 aliphatic rings. The second-order valence-corrected chi connectivity index (χ2v) is 8.18. The van der Waals surface area contributed by atoms with Gasteiger partial charge in [-0.1, -0.05) is 6.07 Å². The quantitative estimate of drug-likeness (QED) is 0.857. The van der Waals surface area contributed by atoms with Gasteiger partial charge in [0.25, 0.3) is 10.0 Å². The molecule has 0 radical (unpaired) electrons. The number of thiophene rings is 1. The molecule has 2 aromatic rings. The van der Waals surface area contributed by atoms with E-state index in [2.05, 4.69) is 20.7 Å². The average Bonchev–Trinajstić information content (AvgIpc) is 2.77. The highest BCUT2D eigenvalue weighted by atomic mass is 79.9. The van der Waals surface area contributed by atoms with E-state index >= 15 is 0 Å². The number of nitrogens with one attached hydrogen (secondary N) is 1. The summed E-state index contributed by atoms with van der Waals surface area (Å²) in [6.45, 7) is 1.78. The molecular weight excluding hydrogens is 367 g/mol. The van der Waals surface area contributed by atoms with Crippen LogP contribution in [-0.4, -0.2) is 8.42 Å². The topological polar surface area (TPSA) is 72.2 Å². The molecule has 0 atom stereocenters. The smallest absolute Gasteiger partial charge is 0.263 e. The summed E-state index contributed by atoms with van der Waals surface area (Å²) in [6.07, 6.45) is 0. The molecule has 2 rings (SSSR count). The summed E-state index contributed by atoms with van der Waals surface area (Å²) in [5, 5.41) is 0. The van der Waals surface area contributed by atoms with Gasteiger partial charge in [0, 0.05) is 17.0 Å². The summed E-state index contributed by atoms with van der Waals surface area (Å²) >= 11 is 4.47. The Kier molecular flexibility index (Phi) is 4.48. The summed E-state index contributed by atoms with van der Waals surface area (Å²) in [6, 6.07) is 5.75. The Morgan fingerprint density at radius 2 is 2.15 bits per heavy atom. The van der Waals surface area contributed by atoms with Crippen LogP contribution in [0.2, 0.25) is 0 Å². The lowest BCUT2D eigenvalue weighted by atomic mass is 10.2. The van der Waals surface area contributed by atoms with Crippen LogP contribution < -0.4 is 10.5 Å². The second-order valence-electron chi connectivity index (χ2n) is 4.07. The molecule has 0 aliphatic carbocycles. The minimum absolute atomic E-state index is 0.103. The van der Waals surface area contributed by atoms with E-state index in [0.29, 0.717) is 3.79 Å². The van der Waals surface area contributed by atoms with Crippen molar-refractivity contribution >= 4 is 43.0 Å². The van der Waals surface area contributed by atoms with Gasteiger partial charge in [-0.05, 0) is 41.1 Å². The fourth-order valence-corrected chi connectivity index (χ4v) is 5.28. The van der Waals surface area contributed by atoms with E-state index in [1.54, 1.807) is 0 Å². The number of rotatable bonds is 4. The van der Waals surface area contributed by atoms with Gasteiger partial charge in [0.15, 0.2) is 0 Å². The molecule has 20 heavy (non-hydrogen) atoms. The molecule has 3 N–H and O–H groups in total. The highest BCUT2D eigenvalue weighted by Gasteiger charge is 2.21. The van der Waals surface area contributed by atoms with Gasteiger partial charge in [-0.25, -0.2) is 12.8 Å². The molecule has 1 aromatic heterocycles. The van der Waals surface area contributed by atoms with Crippen LogP contribution in [0.5, 0.6) is 0 Å². The fraction of sp³-hybridized carbons (Fsp3) is 0.167. The molecule has 1 aromatic carbocycles. The van der Waals surface area contributed by atoms with Crippen molar-refractivity contribution in [2.45, 2.75) is 18.4 Å². The van der Waals surface area contributed by atoms with Crippen LogP contribution in [-0.2, 0) is 16.6 Å². The lowest BCUT2D eigenvalue weighted by Gasteiger charge is -2.10. The summed E-state index contributed by atoms with van der Waals surface area (Å²) < 4.78 is 40.9. The predicted octanol–water partition coefficient (Wildman–Crippen LogP) is 3.22. The summed E-state index contributed by atoms with van der Waals surface area (Å²) in [5.41, 5.74) is 5.97. The Morgan fingerprint density at radius 3 is 2.75 bits per heavy atom. The maximum Gasteiger partial charge on any atom is 0.263 e. The third-order valence-electron chi connectivity index (χ3n) is 2.71. The van der Waals surface area contributed by atoms with Crippen molar-refractivity contribution in [2.24, 2.45) is 5.73 Å². The number of sulfonamides is 1. The maximum atomic E-state index is 13.4. The van der Waals surface area contributed by atoms with Gasteiger partial charge in [-0.3, -0.25) is 4.72 Å². The highest BCUT2D eigenvalue weighted by molar-refractivity contribution is 9.11. The zero-order valence-corrected chi connectivity index (χ0v) is 13.7. The normalized spacial score (nSPS) is 11.6. The Morgan fingerprint density at radius 1 is 1.45 bits per heavy atom. The molecule has 0 saturated heterocycles. The standard InChI is InChI=1S/C12H12BrFN2O2S2/c1-7-9(14)3-2-4-10(7)16-20(17,18)11-5-8(6-15)19-12(11)13/h2-5,16H,6,15H2,1H3. The highest BCUT2D eigenvalue weighted by Crippen LogP contribution is 2.33. The largest absolute Gasteiger partial charge is 0.326 e. The van der Waals surface area contributed by atoms with E-state index in [1.807, 2.05) is 0 Å². The van der Waals surface area contributed by atoms with Crippen molar-refractivity contribution in [1.82, 2.24) is 0 Å². The van der Waals surface area contributed by atoms with E-state index in [4.69, 9.17) is 5.73 Å². The molecule has 8 heteroatoms. The molecule has 108 valence electrons. The lowest BCUT2D eigenvalue weighted by Crippen LogP contribution is -2.14. The van der Waals surface area contributed by atoms with Crippen LogP contribution in [0.15, 0.2) is 32.9 Å². The first-order valence-electron chi connectivity index (χ1n) is 5.61. The molecule has 1 heterocycles.